The second kappa shape index (κ2) is 10.0. The monoisotopic (exact) mass is 452 g/mol. The van der Waals surface area contributed by atoms with E-state index in [-0.39, 0.29) is 14.4 Å². The quantitative estimate of drug-likeness (QED) is 0.309. The van der Waals surface area contributed by atoms with E-state index in [1.165, 1.54) is 35.6 Å². The van der Waals surface area contributed by atoms with Gasteiger partial charge in [-0.25, -0.2) is 13.2 Å². The lowest BCUT2D eigenvalue weighted by Gasteiger charge is -2.10. The van der Waals surface area contributed by atoms with Gasteiger partial charge >= 0.3 is 0 Å². The first-order valence-corrected chi connectivity index (χ1v) is 12.7. The highest BCUT2D eigenvalue weighted by Gasteiger charge is 2.15. The maximum atomic E-state index is 14.9. The van der Waals surface area contributed by atoms with Gasteiger partial charge in [-0.1, -0.05) is 63.9 Å². The molecule has 0 aliphatic heterocycles. The highest BCUT2D eigenvalue weighted by Crippen LogP contribution is 2.32. The Balaban J connectivity index is 1.47. The third-order valence-corrected chi connectivity index (χ3v) is 7.10. The fraction of sp³-hybridized carbons (Fsp3) is 0.286. The summed E-state index contributed by atoms with van der Waals surface area (Å²) < 4.78 is 42.4. The van der Waals surface area contributed by atoms with Gasteiger partial charge < -0.3 is 0 Å². The first-order chi connectivity index (χ1) is 15.5. The Morgan fingerprint density at radius 2 is 1.62 bits per heavy atom. The lowest BCUT2D eigenvalue weighted by Crippen LogP contribution is -2.07. The molecule has 32 heavy (non-hydrogen) atoms. The van der Waals surface area contributed by atoms with E-state index in [0.29, 0.717) is 29.3 Å². The number of aryl methyl sites for hydroxylation is 2. The van der Waals surface area contributed by atoms with Crippen LogP contribution in [0.2, 0.25) is 0 Å². The van der Waals surface area contributed by atoms with Crippen molar-refractivity contribution in [3.05, 3.63) is 93.8 Å². The smallest absolute Gasteiger partial charge is 0.166 e. The van der Waals surface area contributed by atoms with Crippen LogP contribution < -0.4 is 5.30 Å². The molecule has 0 N–H and O–H groups in total. The normalized spacial score (nSPS) is 13.1. The first kappa shape index (κ1) is 22.8. The molecule has 1 unspecified atom stereocenters. The Morgan fingerprint density at radius 3 is 2.38 bits per heavy atom. The molecule has 1 aliphatic rings. The van der Waals surface area contributed by atoms with Crippen molar-refractivity contribution >= 4 is 20.0 Å². The van der Waals surface area contributed by atoms with Gasteiger partial charge in [-0.15, -0.1) is 0 Å². The van der Waals surface area contributed by atoms with E-state index in [0.717, 1.165) is 24.0 Å². The maximum absolute atomic E-state index is 14.9. The van der Waals surface area contributed by atoms with Crippen LogP contribution in [0.15, 0.2) is 54.1 Å². The van der Waals surface area contributed by atoms with Crippen molar-refractivity contribution in [1.29, 1.82) is 0 Å². The van der Waals surface area contributed by atoms with E-state index in [1.54, 1.807) is 12.1 Å². The van der Waals surface area contributed by atoms with Crippen LogP contribution in [-0.4, -0.2) is 6.66 Å². The molecule has 4 heteroatoms. The van der Waals surface area contributed by atoms with Crippen molar-refractivity contribution in [1.82, 2.24) is 0 Å². The van der Waals surface area contributed by atoms with Crippen molar-refractivity contribution in [3.63, 3.8) is 0 Å². The van der Waals surface area contributed by atoms with Gasteiger partial charge in [0.25, 0.3) is 0 Å². The standard InChI is InChI=1S/C28H28F3P/c1-3-4-5-18-12-21-10-11-22(16-24(21)13-18)23-9-8-20(25(29)17-23)7-6-19-14-26(30)28(31)27(15-19)32-2/h8-12,14-17,32H,3-7,13H2,1-2H3. The Labute approximate surface area is 190 Å². The molecular formula is C28H28F3P. The van der Waals surface area contributed by atoms with Gasteiger partial charge in [0.1, 0.15) is 5.82 Å². The maximum Gasteiger partial charge on any atom is 0.166 e. The summed E-state index contributed by atoms with van der Waals surface area (Å²) in [6, 6.07) is 14.6. The van der Waals surface area contributed by atoms with Crippen molar-refractivity contribution in [2.75, 3.05) is 6.66 Å². The summed E-state index contributed by atoms with van der Waals surface area (Å²) in [5.41, 5.74) is 7.22. The third-order valence-electron chi connectivity index (χ3n) is 6.20. The number of allylic oxidation sites excluding steroid dienone is 1. The molecule has 0 nitrogen and oxygen atoms in total. The van der Waals surface area contributed by atoms with E-state index < -0.39 is 11.6 Å². The lowest BCUT2D eigenvalue weighted by atomic mass is 9.97. The van der Waals surface area contributed by atoms with E-state index in [4.69, 9.17) is 0 Å². The lowest BCUT2D eigenvalue weighted by molar-refractivity contribution is 0.513. The van der Waals surface area contributed by atoms with Gasteiger partial charge in [0.2, 0.25) is 0 Å². The number of rotatable bonds is 8. The predicted octanol–water partition coefficient (Wildman–Crippen LogP) is 7.62. The number of hydrogen-bond donors (Lipinski definition) is 0. The van der Waals surface area contributed by atoms with Gasteiger partial charge in [0.15, 0.2) is 11.6 Å². The molecule has 1 aliphatic carbocycles. The topological polar surface area (TPSA) is 0 Å². The average Bonchev–Trinajstić information content (AvgIpc) is 3.21. The van der Waals surface area contributed by atoms with Crippen LogP contribution in [0.1, 0.15) is 48.4 Å². The van der Waals surface area contributed by atoms with Crippen LogP contribution in [0.4, 0.5) is 13.2 Å². The van der Waals surface area contributed by atoms with Crippen LogP contribution >= 0.6 is 8.58 Å². The second-order valence-corrected chi connectivity index (χ2v) is 9.53. The molecule has 0 bridgehead atoms. The van der Waals surface area contributed by atoms with E-state index in [2.05, 4.69) is 31.2 Å². The molecule has 3 aromatic rings. The molecule has 4 rings (SSSR count). The molecule has 0 fully saturated rings. The number of unbranched alkanes of at least 4 members (excludes halogenated alkanes) is 1. The SMILES string of the molecule is CCCCC1=Cc2ccc(-c3ccc(CCc4cc(F)c(F)c(PC)c4)c(F)c3)cc2C1. The zero-order chi connectivity index (χ0) is 22.7. The van der Waals surface area contributed by atoms with Crippen LogP contribution in [-0.2, 0) is 19.3 Å². The molecule has 0 heterocycles. The molecule has 3 aromatic carbocycles. The number of halogens is 3. The minimum absolute atomic E-state index is 0.180. The second-order valence-electron chi connectivity index (χ2n) is 8.49. The Morgan fingerprint density at radius 1 is 0.844 bits per heavy atom. The number of fused-ring (bicyclic) bond motifs is 1. The Hall–Kier alpha value is -2.38. The number of benzene rings is 3. The third kappa shape index (κ3) is 4.99. The molecular weight excluding hydrogens is 424 g/mol. The van der Waals surface area contributed by atoms with Gasteiger partial charge in [0, 0.05) is 5.30 Å². The summed E-state index contributed by atoms with van der Waals surface area (Å²) in [6.45, 7) is 4.03. The molecule has 0 radical (unpaired) electrons. The Bertz CT molecular complexity index is 1160. The molecule has 0 amide bonds. The van der Waals surface area contributed by atoms with Gasteiger partial charge in [-0.05, 0) is 90.3 Å². The fourth-order valence-corrected chi connectivity index (χ4v) is 5.01. The largest absolute Gasteiger partial charge is 0.207 e. The van der Waals surface area contributed by atoms with Crippen LogP contribution in [0.25, 0.3) is 17.2 Å². The van der Waals surface area contributed by atoms with Crippen molar-refractivity contribution in [2.24, 2.45) is 0 Å². The van der Waals surface area contributed by atoms with E-state index in [9.17, 15) is 13.2 Å². The van der Waals surface area contributed by atoms with Crippen LogP contribution in [0, 0.1) is 17.5 Å². The van der Waals surface area contributed by atoms with Crippen molar-refractivity contribution in [3.8, 4) is 11.1 Å². The molecule has 166 valence electrons. The average molecular weight is 453 g/mol. The minimum atomic E-state index is -0.827. The summed E-state index contributed by atoms with van der Waals surface area (Å²) in [7, 11) is 0.180. The molecule has 1 atom stereocenters. The number of hydrogen-bond acceptors (Lipinski definition) is 0. The zero-order valence-electron chi connectivity index (χ0n) is 18.6. The highest BCUT2D eigenvalue weighted by atomic mass is 31.1. The van der Waals surface area contributed by atoms with Crippen molar-refractivity contribution < 1.29 is 13.2 Å². The summed E-state index contributed by atoms with van der Waals surface area (Å²) >= 11 is 0. The fourth-order valence-electron chi connectivity index (χ4n) is 4.34. The molecule has 0 saturated carbocycles. The summed E-state index contributed by atoms with van der Waals surface area (Å²) in [5, 5.41) is 0.389. The van der Waals surface area contributed by atoms with Gasteiger partial charge in [-0.3, -0.25) is 0 Å². The van der Waals surface area contributed by atoms with E-state index >= 15 is 0 Å². The molecule has 0 spiro atoms. The van der Waals surface area contributed by atoms with Crippen LogP contribution in [0.3, 0.4) is 0 Å². The van der Waals surface area contributed by atoms with Crippen molar-refractivity contribution in [2.45, 2.75) is 45.4 Å². The molecule has 0 saturated heterocycles. The van der Waals surface area contributed by atoms with Crippen LogP contribution in [0.5, 0.6) is 0 Å². The zero-order valence-corrected chi connectivity index (χ0v) is 19.6. The predicted molar refractivity (Wildman–Crippen MR) is 131 cm³/mol. The Kier molecular flexibility index (Phi) is 7.16. The first-order valence-electron chi connectivity index (χ1n) is 11.2. The summed E-state index contributed by atoms with van der Waals surface area (Å²) in [5.74, 6) is -1.86. The minimum Gasteiger partial charge on any atom is -0.207 e. The summed E-state index contributed by atoms with van der Waals surface area (Å²) in [4.78, 5) is 0. The highest BCUT2D eigenvalue weighted by molar-refractivity contribution is 7.46. The van der Waals surface area contributed by atoms with E-state index in [1.807, 2.05) is 18.8 Å². The van der Waals surface area contributed by atoms with Gasteiger partial charge in [0.05, 0.1) is 0 Å². The molecule has 0 aromatic heterocycles. The summed E-state index contributed by atoms with van der Waals surface area (Å²) in [6.07, 6.45) is 7.74. The van der Waals surface area contributed by atoms with Gasteiger partial charge in [-0.2, -0.15) is 0 Å².